The Hall–Kier alpha value is -5.02. The maximum absolute atomic E-state index is 14.5. The number of rotatable bonds is 18. The van der Waals surface area contributed by atoms with Crippen molar-refractivity contribution in [2.75, 3.05) is 21.1 Å². The van der Waals surface area contributed by atoms with E-state index in [0.29, 0.717) is 16.5 Å². The quantitative estimate of drug-likeness (QED) is 0.119. The van der Waals surface area contributed by atoms with Crippen LogP contribution in [0.4, 0.5) is 0 Å². The fourth-order valence-electron chi connectivity index (χ4n) is 7.72. The van der Waals surface area contributed by atoms with Crippen LogP contribution in [0.3, 0.4) is 0 Å². The van der Waals surface area contributed by atoms with Gasteiger partial charge in [-0.25, -0.2) is 9.59 Å². The number of hydrogen-bond acceptors (Lipinski definition) is 7. The van der Waals surface area contributed by atoms with Crippen LogP contribution in [0.15, 0.2) is 53.8 Å². The number of quaternary nitrogens is 1. The van der Waals surface area contributed by atoms with Gasteiger partial charge in [0.25, 0.3) is 11.8 Å². The monoisotopic (exact) mass is 854 g/mol. The number of hydrogen-bond donors (Lipinski definition) is 6. The van der Waals surface area contributed by atoms with Gasteiger partial charge in [0, 0.05) is 36.8 Å². The molecule has 0 aliphatic carbocycles. The number of amides is 4. The van der Waals surface area contributed by atoms with Crippen LogP contribution in [0.5, 0.6) is 0 Å². The number of carbonyl (C=O) groups is 6. The van der Waals surface area contributed by atoms with E-state index in [-0.39, 0.29) is 28.9 Å². The Balaban J connectivity index is 2.59. The summed E-state index contributed by atoms with van der Waals surface area (Å²) >= 11 is 0. The van der Waals surface area contributed by atoms with Gasteiger partial charge in [-0.1, -0.05) is 99.6 Å². The van der Waals surface area contributed by atoms with Gasteiger partial charge in [-0.3, -0.25) is 19.2 Å². The standard InChI is InChI=1S/C46H72N6O9/c1-25(2)32(22-27(5)42(58)59)50(16)39(55)35(44(7,8)9)48-37(53)34(47-15)46(13,14)30-24-52(31-21-19-18-20-29(30)31)41(57)38(54)49-36(45(10,11)12)40(56)51(17)33(26(3)4)23-28(6)43(60)61/h18-26,32-36,41,47,57H,1-17H3,(H,48,53)(H,49,54)(H,58,59)(H,60,61)/p+1/b27-22+,28-23+/t32-,33-,34-,35-,36+,41?/m1/s1. The minimum atomic E-state index is -1.79. The molecule has 1 aromatic carbocycles. The van der Waals surface area contributed by atoms with Gasteiger partial charge < -0.3 is 45.6 Å². The van der Waals surface area contributed by atoms with Crippen molar-refractivity contribution < 1.29 is 49.4 Å². The average Bonchev–Trinajstić information content (AvgIpc) is 3.55. The number of carboxylic acid groups (broad SMARTS) is 2. The van der Waals surface area contributed by atoms with E-state index in [0.717, 1.165) is 0 Å². The SMILES string of the molecule is C[NH2+][C@H](C(=O)N[C@H](C(=O)N(C)[C@H](/C=C(\C)C(=O)O)C(C)C)C(C)(C)C)C(C)(C)c1cn(C(O)C(=O)N[C@@H](C(=O)N(C)[C@H](/C=C(\C)C(=O)O)C(C)C)C(C)(C)C)c2ccccc12. The molecule has 0 aliphatic heterocycles. The van der Waals surface area contributed by atoms with Crippen molar-refractivity contribution in [3.63, 3.8) is 0 Å². The molecule has 2 aromatic rings. The minimum Gasteiger partial charge on any atom is -0.478 e. The molecule has 1 unspecified atom stereocenters. The molecule has 15 heteroatoms. The maximum Gasteiger partial charge on any atom is 0.331 e. The Morgan fingerprint density at radius 1 is 0.705 bits per heavy atom. The molecule has 340 valence electrons. The second kappa shape index (κ2) is 20.2. The third-order valence-corrected chi connectivity index (χ3v) is 11.6. The lowest BCUT2D eigenvalue weighted by molar-refractivity contribution is -0.658. The number of benzene rings is 1. The smallest absolute Gasteiger partial charge is 0.331 e. The lowest BCUT2D eigenvalue weighted by atomic mass is 9.76. The molecule has 4 amide bonds. The molecule has 0 aliphatic rings. The molecule has 6 atom stereocenters. The zero-order valence-corrected chi connectivity index (χ0v) is 39.4. The summed E-state index contributed by atoms with van der Waals surface area (Å²) in [6.45, 7) is 25.1. The van der Waals surface area contributed by atoms with Crippen LogP contribution < -0.4 is 16.0 Å². The third-order valence-electron chi connectivity index (χ3n) is 11.6. The first-order valence-electron chi connectivity index (χ1n) is 20.9. The summed E-state index contributed by atoms with van der Waals surface area (Å²) in [7, 11) is 4.92. The van der Waals surface area contributed by atoms with Crippen molar-refractivity contribution in [1.82, 2.24) is 25.0 Å². The normalized spacial score (nSPS) is 16.1. The summed E-state index contributed by atoms with van der Waals surface area (Å²) in [6, 6.07) is 3.11. The number of fused-ring (bicyclic) bond motifs is 1. The molecule has 15 nitrogen and oxygen atoms in total. The third kappa shape index (κ3) is 12.3. The second-order valence-corrected chi connectivity index (χ2v) is 19.7. The summed E-state index contributed by atoms with van der Waals surface area (Å²) in [4.78, 5) is 83.0. The predicted octanol–water partition coefficient (Wildman–Crippen LogP) is 4.06. The Kier molecular flexibility index (Phi) is 17.3. The van der Waals surface area contributed by atoms with Gasteiger partial charge in [-0.15, -0.1) is 0 Å². The van der Waals surface area contributed by atoms with Gasteiger partial charge in [-0.05, 0) is 62.0 Å². The highest BCUT2D eigenvalue weighted by Gasteiger charge is 2.45. The molecule has 0 spiro atoms. The molecule has 1 aromatic heterocycles. The zero-order valence-electron chi connectivity index (χ0n) is 39.4. The van der Waals surface area contributed by atoms with Gasteiger partial charge in [0.15, 0.2) is 6.04 Å². The number of nitrogens with one attached hydrogen (secondary N) is 2. The van der Waals surface area contributed by atoms with Gasteiger partial charge in [0.05, 0.1) is 30.1 Å². The van der Waals surface area contributed by atoms with Crippen LogP contribution in [0.1, 0.15) is 109 Å². The molecule has 0 saturated heterocycles. The number of nitrogens with two attached hydrogens (primary N) is 1. The van der Waals surface area contributed by atoms with E-state index in [4.69, 9.17) is 0 Å². The number of aromatic nitrogens is 1. The molecule has 0 radical (unpaired) electrons. The summed E-state index contributed by atoms with van der Waals surface area (Å²) in [5.41, 5.74) is -1.21. The molecule has 2 rings (SSSR count). The number of carbonyl (C=O) groups excluding carboxylic acids is 4. The molecular formula is C46H73N6O9+. The fourth-order valence-corrected chi connectivity index (χ4v) is 7.72. The van der Waals surface area contributed by atoms with E-state index < -0.39 is 82.3 Å². The first-order chi connectivity index (χ1) is 27.8. The Morgan fingerprint density at radius 3 is 1.46 bits per heavy atom. The topological polar surface area (TPSA) is 215 Å². The first kappa shape index (κ1) is 52.1. The number of carboxylic acids is 2. The second-order valence-electron chi connectivity index (χ2n) is 19.7. The number of likely N-dealkylation sites (N-methyl/N-ethyl adjacent to an activating group) is 3. The number of para-hydroxylation sites is 1. The first-order valence-corrected chi connectivity index (χ1v) is 20.9. The Morgan fingerprint density at radius 2 is 1.10 bits per heavy atom. The molecule has 0 saturated carbocycles. The van der Waals surface area contributed by atoms with Crippen molar-refractivity contribution in [2.45, 2.75) is 139 Å². The number of nitrogens with zero attached hydrogens (tertiary/aromatic N) is 3. The largest absolute Gasteiger partial charge is 0.478 e. The van der Waals surface area contributed by atoms with Crippen molar-refractivity contribution in [2.24, 2.45) is 22.7 Å². The lowest BCUT2D eigenvalue weighted by Gasteiger charge is -2.39. The van der Waals surface area contributed by atoms with Crippen LogP contribution >= 0.6 is 0 Å². The van der Waals surface area contributed by atoms with Crippen LogP contribution in [0.2, 0.25) is 0 Å². The van der Waals surface area contributed by atoms with Gasteiger partial charge in [0.1, 0.15) is 12.1 Å². The van der Waals surface area contributed by atoms with Crippen molar-refractivity contribution >= 4 is 46.5 Å². The highest BCUT2D eigenvalue weighted by atomic mass is 16.4. The van der Waals surface area contributed by atoms with Crippen LogP contribution in [0, 0.1) is 22.7 Å². The molecular weight excluding hydrogens is 781 g/mol. The summed E-state index contributed by atoms with van der Waals surface area (Å²) in [5.74, 6) is -4.57. The summed E-state index contributed by atoms with van der Waals surface area (Å²) < 4.78 is 1.41. The van der Waals surface area contributed by atoms with Crippen molar-refractivity contribution in [3.05, 3.63) is 59.3 Å². The van der Waals surface area contributed by atoms with Crippen LogP contribution in [-0.2, 0) is 34.2 Å². The molecule has 61 heavy (non-hydrogen) atoms. The van der Waals surface area contributed by atoms with E-state index in [9.17, 15) is 44.1 Å². The van der Waals surface area contributed by atoms with E-state index in [1.54, 1.807) is 71.6 Å². The Bertz CT molecular complexity index is 2000. The Labute approximate surface area is 362 Å². The highest BCUT2D eigenvalue weighted by molar-refractivity contribution is 5.94. The van der Waals surface area contributed by atoms with Gasteiger partial charge in [0.2, 0.25) is 18.0 Å². The molecule has 0 fully saturated rings. The van der Waals surface area contributed by atoms with Crippen LogP contribution in [-0.4, -0.2) is 117 Å². The number of aliphatic hydroxyl groups is 1. The lowest BCUT2D eigenvalue weighted by Crippen LogP contribution is -2.93. The summed E-state index contributed by atoms with van der Waals surface area (Å²) in [5, 5.41) is 39.1. The van der Waals surface area contributed by atoms with Crippen LogP contribution in [0.25, 0.3) is 10.9 Å². The van der Waals surface area contributed by atoms with Crippen molar-refractivity contribution in [1.29, 1.82) is 0 Å². The van der Waals surface area contributed by atoms with Crippen molar-refractivity contribution in [3.8, 4) is 0 Å². The molecule has 1 heterocycles. The van der Waals surface area contributed by atoms with E-state index >= 15 is 0 Å². The predicted molar refractivity (Wildman–Crippen MR) is 236 cm³/mol. The molecule has 7 N–H and O–H groups in total. The van der Waals surface area contributed by atoms with Gasteiger partial charge >= 0.3 is 11.9 Å². The van der Waals surface area contributed by atoms with E-state index in [2.05, 4.69) is 10.6 Å². The van der Waals surface area contributed by atoms with E-state index in [1.807, 2.05) is 74.4 Å². The minimum absolute atomic E-state index is 0.0799. The number of aliphatic carboxylic acids is 2. The zero-order chi connectivity index (χ0) is 47.3. The molecule has 0 bridgehead atoms. The highest BCUT2D eigenvalue weighted by Crippen LogP contribution is 2.36. The number of aliphatic hydroxyl groups excluding tert-OH is 1. The maximum atomic E-state index is 14.5. The average molecular weight is 854 g/mol. The van der Waals surface area contributed by atoms with E-state index in [1.165, 1.54) is 34.3 Å². The van der Waals surface area contributed by atoms with Gasteiger partial charge in [-0.2, -0.15) is 0 Å². The fraction of sp³-hybridized carbons (Fsp3) is 0.609. The summed E-state index contributed by atoms with van der Waals surface area (Å²) in [6.07, 6.45) is 2.91.